The van der Waals surface area contributed by atoms with Gasteiger partial charge in [0.2, 0.25) is 0 Å². The Hall–Kier alpha value is -2.10. The van der Waals surface area contributed by atoms with E-state index < -0.39 is 0 Å². The molecule has 1 aromatic heterocycles. The van der Waals surface area contributed by atoms with Gasteiger partial charge in [0, 0.05) is 36.9 Å². The largest absolute Gasteiger partial charge is 0.377 e. The van der Waals surface area contributed by atoms with Gasteiger partial charge in [-0.15, -0.1) is 0 Å². The first-order chi connectivity index (χ1) is 10.2. The van der Waals surface area contributed by atoms with Gasteiger partial charge in [-0.2, -0.15) is 0 Å². The first-order valence-corrected chi connectivity index (χ1v) is 7.63. The van der Waals surface area contributed by atoms with Gasteiger partial charge in [-0.1, -0.05) is 0 Å². The van der Waals surface area contributed by atoms with E-state index in [0.717, 1.165) is 17.1 Å². The third-order valence-electron chi connectivity index (χ3n) is 4.05. The van der Waals surface area contributed by atoms with Crippen LogP contribution in [0.25, 0.3) is 0 Å². The molecule has 110 valence electrons. The van der Waals surface area contributed by atoms with Crippen LogP contribution in [0.5, 0.6) is 0 Å². The number of aromatic nitrogens is 2. The lowest BCUT2D eigenvalue weighted by molar-refractivity contribution is 0.810. The lowest BCUT2D eigenvalue weighted by Crippen LogP contribution is -2.17. The van der Waals surface area contributed by atoms with Gasteiger partial charge in [0.25, 0.3) is 0 Å². The van der Waals surface area contributed by atoms with Gasteiger partial charge in [-0.3, -0.25) is 9.97 Å². The number of nitrogens with one attached hydrogen (secondary N) is 1. The highest BCUT2D eigenvalue weighted by Gasteiger charge is 2.13. The zero-order valence-corrected chi connectivity index (χ0v) is 12.7. The molecule has 1 aliphatic heterocycles. The van der Waals surface area contributed by atoms with E-state index in [4.69, 9.17) is 0 Å². The van der Waals surface area contributed by atoms with Crippen molar-refractivity contribution in [3.8, 4) is 0 Å². The molecule has 2 aromatic rings. The van der Waals surface area contributed by atoms with Crippen molar-refractivity contribution < 1.29 is 0 Å². The van der Waals surface area contributed by atoms with E-state index in [0.29, 0.717) is 0 Å². The maximum absolute atomic E-state index is 4.42. The van der Waals surface area contributed by atoms with Crippen LogP contribution in [0.1, 0.15) is 37.2 Å². The minimum absolute atomic E-state index is 0.149. The van der Waals surface area contributed by atoms with Crippen LogP contribution in [-0.4, -0.2) is 23.1 Å². The maximum atomic E-state index is 4.42. The highest BCUT2D eigenvalue weighted by Crippen LogP contribution is 2.24. The molecule has 0 amide bonds. The summed E-state index contributed by atoms with van der Waals surface area (Å²) in [5, 5.41) is 3.50. The summed E-state index contributed by atoms with van der Waals surface area (Å²) in [6, 6.07) is 8.84. The normalized spacial score (nSPS) is 16.0. The average Bonchev–Trinajstić information content (AvgIpc) is 3.02. The van der Waals surface area contributed by atoms with E-state index in [9.17, 15) is 0 Å². The van der Waals surface area contributed by atoms with E-state index in [2.05, 4.69) is 51.4 Å². The Balaban J connectivity index is 1.69. The predicted molar refractivity (Wildman–Crippen MR) is 86.7 cm³/mol. The lowest BCUT2D eigenvalue weighted by atomic mass is 10.1. The molecule has 21 heavy (non-hydrogen) atoms. The molecule has 1 atom stereocenters. The molecule has 1 saturated heterocycles. The zero-order valence-electron chi connectivity index (χ0n) is 12.7. The van der Waals surface area contributed by atoms with Crippen LogP contribution >= 0.6 is 0 Å². The van der Waals surface area contributed by atoms with E-state index in [1.807, 2.05) is 6.92 Å². The molecule has 1 aliphatic rings. The number of nitrogens with zero attached hydrogens (tertiary/aromatic N) is 3. The topological polar surface area (TPSA) is 41.1 Å². The molecule has 3 rings (SSSR count). The third-order valence-corrected chi connectivity index (χ3v) is 4.05. The average molecular weight is 282 g/mol. The number of rotatable bonds is 4. The Morgan fingerprint density at radius 1 is 1.05 bits per heavy atom. The Morgan fingerprint density at radius 2 is 1.71 bits per heavy atom. The molecule has 0 saturated carbocycles. The zero-order chi connectivity index (χ0) is 14.7. The lowest BCUT2D eigenvalue weighted by Gasteiger charge is -2.19. The van der Waals surface area contributed by atoms with Gasteiger partial charge in [-0.05, 0) is 51.0 Å². The van der Waals surface area contributed by atoms with Gasteiger partial charge >= 0.3 is 0 Å². The summed E-state index contributed by atoms with van der Waals surface area (Å²) in [6.07, 6.45) is 6.10. The van der Waals surface area contributed by atoms with Crippen molar-refractivity contribution >= 4 is 11.4 Å². The van der Waals surface area contributed by atoms with Crippen LogP contribution in [0.2, 0.25) is 0 Å². The van der Waals surface area contributed by atoms with Crippen molar-refractivity contribution in [3.05, 3.63) is 48.0 Å². The molecule has 2 heterocycles. The SMILES string of the molecule is Cc1nccnc1C(C)Nc1ccc(N2CCCC2)cc1. The number of anilines is 2. The fraction of sp³-hybridized carbons (Fsp3) is 0.412. The Morgan fingerprint density at radius 3 is 2.38 bits per heavy atom. The Kier molecular flexibility index (Phi) is 4.04. The summed E-state index contributed by atoms with van der Waals surface area (Å²) in [6.45, 7) is 6.48. The Labute approximate surface area is 126 Å². The van der Waals surface area contributed by atoms with Gasteiger partial charge in [0.15, 0.2) is 0 Å². The van der Waals surface area contributed by atoms with Gasteiger partial charge in [0.05, 0.1) is 17.4 Å². The maximum Gasteiger partial charge on any atom is 0.0835 e. The van der Waals surface area contributed by atoms with Gasteiger partial charge < -0.3 is 10.2 Å². The van der Waals surface area contributed by atoms with Gasteiger partial charge in [0.1, 0.15) is 0 Å². The summed E-state index contributed by atoms with van der Waals surface area (Å²) in [5.41, 5.74) is 4.42. The number of hydrogen-bond donors (Lipinski definition) is 1. The van der Waals surface area contributed by atoms with E-state index >= 15 is 0 Å². The van der Waals surface area contributed by atoms with Crippen molar-refractivity contribution in [1.29, 1.82) is 0 Å². The molecular formula is C17H22N4. The summed E-state index contributed by atoms with van der Waals surface area (Å²) >= 11 is 0. The summed E-state index contributed by atoms with van der Waals surface area (Å²) in [7, 11) is 0. The van der Waals surface area contributed by atoms with E-state index in [1.165, 1.54) is 31.6 Å². The fourth-order valence-corrected chi connectivity index (χ4v) is 2.91. The number of aryl methyl sites for hydroxylation is 1. The van der Waals surface area contributed by atoms with Crippen molar-refractivity contribution in [2.24, 2.45) is 0 Å². The van der Waals surface area contributed by atoms with Crippen molar-refractivity contribution in [3.63, 3.8) is 0 Å². The molecule has 1 unspecified atom stereocenters. The van der Waals surface area contributed by atoms with Crippen molar-refractivity contribution in [2.45, 2.75) is 32.7 Å². The monoisotopic (exact) mass is 282 g/mol. The molecule has 0 spiro atoms. The molecule has 0 aliphatic carbocycles. The minimum Gasteiger partial charge on any atom is -0.377 e. The van der Waals surface area contributed by atoms with E-state index in [-0.39, 0.29) is 6.04 Å². The second-order valence-corrected chi connectivity index (χ2v) is 5.63. The number of benzene rings is 1. The molecule has 0 bridgehead atoms. The highest BCUT2D eigenvalue weighted by molar-refractivity contribution is 5.56. The van der Waals surface area contributed by atoms with Crippen LogP contribution < -0.4 is 10.2 Å². The summed E-state index contributed by atoms with van der Waals surface area (Å²) < 4.78 is 0. The summed E-state index contributed by atoms with van der Waals surface area (Å²) in [5.74, 6) is 0. The predicted octanol–water partition coefficient (Wildman–Crippen LogP) is 3.56. The molecule has 1 N–H and O–H groups in total. The second-order valence-electron chi connectivity index (χ2n) is 5.63. The Bertz CT molecular complexity index is 588. The third kappa shape index (κ3) is 3.15. The smallest absolute Gasteiger partial charge is 0.0835 e. The summed E-state index contributed by atoms with van der Waals surface area (Å²) in [4.78, 5) is 11.2. The first-order valence-electron chi connectivity index (χ1n) is 7.63. The van der Waals surface area contributed by atoms with Crippen LogP contribution in [0.4, 0.5) is 11.4 Å². The molecule has 1 aromatic carbocycles. The minimum atomic E-state index is 0.149. The van der Waals surface area contributed by atoms with Crippen LogP contribution in [0.15, 0.2) is 36.7 Å². The molecule has 4 heteroatoms. The standard InChI is InChI=1S/C17H22N4/c1-13-17(19-10-9-18-13)14(2)20-15-5-7-16(8-6-15)21-11-3-4-12-21/h5-10,14,20H,3-4,11-12H2,1-2H3. The van der Waals surface area contributed by atoms with E-state index in [1.54, 1.807) is 12.4 Å². The van der Waals surface area contributed by atoms with Crippen molar-refractivity contribution in [1.82, 2.24) is 9.97 Å². The number of hydrogen-bond acceptors (Lipinski definition) is 4. The van der Waals surface area contributed by atoms with Crippen LogP contribution in [0, 0.1) is 6.92 Å². The fourth-order valence-electron chi connectivity index (χ4n) is 2.91. The first kappa shape index (κ1) is 13.9. The molecule has 0 radical (unpaired) electrons. The highest BCUT2D eigenvalue weighted by atomic mass is 15.1. The van der Waals surface area contributed by atoms with Crippen LogP contribution in [-0.2, 0) is 0 Å². The second kappa shape index (κ2) is 6.12. The van der Waals surface area contributed by atoms with Gasteiger partial charge in [-0.25, -0.2) is 0 Å². The van der Waals surface area contributed by atoms with Crippen molar-refractivity contribution in [2.75, 3.05) is 23.3 Å². The van der Waals surface area contributed by atoms with Crippen LogP contribution in [0.3, 0.4) is 0 Å². The molecule has 1 fully saturated rings. The quantitative estimate of drug-likeness (QED) is 0.931. The molecular weight excluding hydrogens is 260 g/mol. The molecule has 4 nitrogen and oxygen atoms in total.